The minimum atomic E-state index is -0.0605. The number of hydrogen-bond donors (Lipinski definition) is 1. The van der Waals surface area contributed by atoms with Crippen LogP contribution in [0.4, 0.5) is 0 Å². The Balaban J connectivity index is 2.03. The maximum atomic E-state index is 6.43. The van der Waals surface area contributed by atoms with E-state index in [4.69, 9.17) is 22.3 Å². The normalized spacial score (nSPS) is 12.9. The van der Waals surface area contributed by atoms with Gasteiger partial charge in [-0.25, -0.2) is 4.98 Å². The molecule has 2 aromatic carbocycles. The largest absolute Gasteiger partial charge is 0.322 e. The summed E-state index contributed by atoms with van der Waals surface area (Å²) in [7, 11) is 0. The second kappa shape index (κ2) is 6.73. The first-order valence-corrected chi connectivity index (χ1v) is 8.37. The summed E-state index contributed by atoms with van der Waals surface area (Å²) in [6.45, 7) is 5.12. The molecule has 4 heteroatoms. The van der Waals surface area contributed by atoms with Crippen molar-refractivity contribution in [3.8, 4) is 0 Å². The lowest BCUT2D eigenvalue weighted by Gasteiger charge is -2.16. The molecule has 0 saturated heterocycles. The van der Waals surface area contributed by atoms with E-state index in [0.29, 0.717) is 5.92 Å². The molecule has 3 rings (SSSR count). The number of halogens is 1. The lowest BCUT2D eigenvalue weighted by Crippen LogP contribution is -2.19. The Morgan fingerprint density at radius 2 is 1.78 bits per heavy atom. The number of nitrogens with two attached hydrogens (primary N) is 1. The van der Waals surface area contributed by atoms with Crippen LogP contribution < -0.4 is 5.73 Å². The lowest BCUT2D eigenvalue weighted by molar-refractivity contribution is 0.481. The van der Waals surface area contributed by atoms with Gasteiger partial charge in [0, 0.05) is 11.6 Å². The van der Waals surface area contributed by atoms with Crippen LogP contribution in [0.2, 0.25) is 5.02 Å². The predicted molar refractivity (Wildman–Crippen MR) is 96.7 cm³/mol. The van der Waals surface area contributed by atoms with Gasteiger partial charge in [-0.1, -0.05) is 49.7 Å². The Bertz CT molecular complexity index is 790. The summed E-state index contributed by atoms with van der Waals surface area (Å²) in [5.41, 5.74) is 9.74. The molecule has 2 N–H and O–H groups in total. The molecule has 0 fully saturated rings. The molecular weight excluding hydrogens is 306 g/mol. The lowest BCUT2D eigenvalue weighted by atomic mass is 10.0. The number of nitrogens with zero attached hydrogens (tertiary/aromatic N) is 2. The zero-order chi connectivity index (χ0) is 16.4. The first-order valence-electron chi connectivity index (χ1n) is 8.00. The van der Waals surface area contributed by atoms with Crippen LogP contribution >= 0.6 is 11.6 Å². The van der Waals surface area contributed by atoms with E-state index >= 15 is 0 Å². The van der Waals surface area contributed by atoms with E-state index in [1.807, 2.05) is 30.3 Å². The molecule has 120 valence electrons. The van der Waals surface area contributed by atoms with E-state index < -0.39 is 0 Å². The van der Waals surface area contributed by atoms with Crippen molar-refractivity contribution in [3.05, 3.63) is 64.9 Å². The van der Waals surface area contributed by atoms with Crippen LogP contribution in [0.1, 0.15) is 37.7 Å². The maximum absolute atomic E-state index is 6.43. The highest BCUT2D eigenvalue weighted by molar-refractivity contribution is 6.30. The molecule has 0 radical (unpaired) electrons. The monoisotopic (exact) mass is 327 g/mol. The fraction of sp³-hybridized carbons (Fsp3) is 0.316. The summed E-state index contributed by atoms with van der Waals surface area (Å²) in [4.78, 5) is 4.79. The summed E-state index contributed by atoms with van der Waals surface area (Å²) < 4.78 is 2.23. The van der Waals surface area contributed by atoms with Crippen LogP contribution in [0.15, 0.2) is 48.5 Å². The first-order chi connectivity index (χ1) is 11.0. The van der Waals surface area contributed by atoms with Gasteiger partial charge in [0.15, 0.2) is 0 Å². The zero-order valence-corrected chi connectivity index (χ0v) is 14.3. The van der Waals surface area contributed by atoms with Gasteiger partial charge in [-0.2, -0.15) is 0 Å². The predicted octanol–water partition coefficient (Wildman–Crippen LogP) is 4.78. The highest BCUT2D eigenvalue weighted by Crippen LogP contribution is 2.25. The van der Waals surface area contributed by atoms with Crippen molar-refractivity contribution < 1.29 is 0 Å². The summed E-state index contributed by atoms with van der Waals surface area (Å²) in [6.07, 6.45) is 0.921. The Morgan fingerprint density at radius 1 is 1.09 bits per heavy atom. The number of benzene rings is 2. The molecule has 0 aliphatic carbocycles. The molecule has 0 saturated carbocycles. The Kier molecular flexibility index (Phi) is 4.69. The van der Waals surface area contributed by atoms with Crippen molar-refractivity contribution in [2.24, 2.45) is 11.7 Å². The van der Waals surface area contributed by atoms with Crippen molar-refractivity contribution in [2.75, 3.05) is 0 Å². The molecule has 1 heterocycles. The maximum Gasteiger partial charge on any atom is 0.127 e. The van der Waals surface area contributed by atoms with E-state index in [1.165, 1.54) is 5.56 Å². The molecule has 0 bridgehead atoms. The number of imidazole rings is 1. The Labute approximate surface area is 142 Å². The van der Waals surface area contributed by atoms with Crippen molar-refractivity contribution in [2.45, 2.75) is 32.9 Å². The topological polar surface area (TPSA) is 43.8 Å². The summed E-state index contributed by atoms with van der Waals surface area (Å²) in [5.74, 6) is 1.49. The second-order valence-electron chi connectivity index (χ2n) is 6.41. The number of aromatic nitrogens is 2. The number of para-hydroxylation sites is 2. The average Bonchev–Trinajstić information content (AvgIpc) is 2.88. The van der Waals surface area contributed by atoms with Crippen molar-refractivity contribution in [1.29, 1.82) is 0 Å². The van der Waals surface area contributed by atoms with Crippen molar-refractivity contribution >= 4 is 22.6 Å². The van der Waals surface area contributed by atoms with Gasteiger partial charge < -0.3 is 10.3 Å². The van der Waals surface area contributed by atoms with Gasteiger partial charge in [0.05, 0.1) is 17.1 Å². The van der Waals surface area contributed by atoms with Gasteiger partial charge in [0.25, 0.3) is 0 Å². The molecule has 0 amide bonds. The molecule has 23 heavy (non-hydrogen) atoms. The number of fused-ring (bicyclic) bond motifs is 1. The molecule has 0 aliphatic heterocycles. The van der Waals surface area contributed by atoms with E-state index in [0.717, 1.165) is 34.8 Å². The second-order valence-corrected chi connectivity index (χ2v) is 6.84. The standard InChI is InChI=1S/C19H22ClN3/c1-13(2)11-16(21)19-22-17-5-3-4-6-18(17)23(19)12-14-7-9-15(20)10-8-14/h3-10,13,16H,11-12,21H2,1-2H3. The minimum Gasteiger partial charge on any atom is -0.322 e. The van der Waals surface area contributed by atoms with Gasteiger partial charge >= 0.3 is 0 Å². The number of hydrogen-bond acceptors (Lipinski definition) is 2. The smallest absolute Gasteiger partial charge is 0.127 e. The van der Waals surface area contributed by atoms with E-state index in [2.05, 4.69) is 36.6 Å². The van der Waals surface area contributed by atoms with E-state index in [9.17, 15) is 0 Å². The Hall–Kier alpha value is -1.84. The van der Waals surface area contributed by atoms with Crippen LogP contribution in [0, 0.1) is 5.92 Å². The fourth-order valence-electron chi connectivity index (χ4n) is 2.93. The van der Waals surface area contributed by atoms with Gasteiger partial charge in [-0.3, -0.25) is 0 Å². The molecule has 0 aliphatic rings. The number of rotatable bonds is 5. The summed E-state index contributed by atoms with van der Waals surface area (Å²) in [5, 5.41) is 0.751. The van der Waals surface area contributed by atoms with E-state index in [-0.39, 0.29) is 6.04 Å². The molecule has 1 unspecified atom stereocenters. The molecule has 0 spiro atoms. The van der Waals surface area contributed by atoms with Crippen LogP contribution in [-0.2, 0) is 6.54 Å². The first kappa shape index (κ1) is 16.0. The van der Waals surface area contributed by atoms with E-state index in [1.54, 1.807) is 0 Å². The van der Waals surface area contributed by atoms with Gasteiger partial charge in [-0.15, -0.1) is 0 Å². The van der Waals surface area contributed by atoms with Crippen LogP contribution in [0.5, 0.6) is 0 Å². The molecular formula is C19H22ClN3. The average molecular weight is 328 g/mol. The van der Waals surface area contributed by atoms with Gasteiger partial charge in [0.1, 0.15) is 5.82 Å². The highest BCUT2D eigenvalue weighted by Gasteiger charge is 2.18. The van der Waals surface area contributed by atoms with Crippen LogP contribution in [0.3, 0.4) is 0 Å². The minimum absolute atomic E-state index is 0.0605. The fourth-order valence-corrected chi connectivity index (χ4v) is 3.06. The van der Waals surface area contributed by atoms with Crippen molar-refractivity contribution in [1.82, 2.24) is 9.55 Å². The van der Waals surface area contributed by atoms with Crippen molar-refractivity contribution in [3.63, 3.8) is 0 Å². The SMILES string of the molecule is CC(C)CC(N)c1nc2ccccc2n1Cc1ccc(Cl)cc1. The summed E-state index contributed by atoms with van der Waals surface area (Å²) in [6, 6.07) is 16.1. The highest BCUT2D eigenvalue weighted by atomic mass is 35.5. The molecule has 1 atom stereocenters. The third-order valence-corrected chi connectivity index (χ3v) is 4.25. The van der Waals surface area contributed by atoms with Crippen LogP contribution in [0.25, 0.3) is 11.0 Å². The molecule has 3 aromatic rings. The third kappa shape index (κ3) is 3.57. The van der Waals surface area contributed by atoms with Crippen LogP contribution in [-0.4, -0.2) is 9.55 Å². The zero-order valence-electron chi connectivity index (χ0n) is 13.5. The molecule has 1 aromatic heterocycles. The quantitative estimate of drug-likeness (QED) is 0.732. The van der Waals surface area contributed by atoms with Gasteiger partial charge in [0.2, 0.25) is 0 Å². The summed E-state index contributed by atoms with van der Waals surface area (Å²) >= 11 is 5.99. The van der Waals surface area contributed by atoms with Gasteiger partial charge in [-0.05, 0) is 42.2 Å². The third-order valence-electron chi connectivity index (χ3n) is 4.00. The Morgan fingerprint density at radius 3 is 2.48 bits per heavy atom. The molecule has 3 nitrogen and oxygen atoms in total.